The van der Waals surface area contributed by atoms with Gasteiger partial charge in [-0.1, -0.05) is 24.3 Å². The van der Waals surface area contributed by atoms with Crippen molar-refractivity contribution in [3.63, 3.8) is 0 Å². The number of benzene rings is 2. The van der Waals surface area contributed by atoms with Crippen LogP contribution in [0.25, 0.3) is 10.9 Å². The first kappa shape index (κ1) is 16.3. The summed E-state index contributed by atoms with van der Waals surface area (Å²) < 4.78 is 19.5. The van der Waals surface area contributed by atoms with Crippen molar-refractivity contribution in [1.29, 1.82) is 0 Å². The fourth-order valence-electron chi connectivity index (χ4n) is 4.52. The molecule has 1 saturated carbocycles. The van der Waals surface area contributed by atoms with Crippen LogP contribution in [0.15, 0.2) is 48.5 Å². The maximum absolute atomic E-state index is 13.4. The number of fused-ring (bicyclic) bond motifs is 2. The number of carbonyl (C=O) groups is 1. The third-order valence-corrected chi connectivity index (χ3v) is 5.83. The Morgan fingerprint density at radius 2 is 2.04 bits per heavy atom. The van der Waals surface area contributed by atoms with Gasteiger partial charge in [-0.05, 0) is 37.0 Å². The Kier molecular flexibility index (Phi) is 3.85. The van der Waals surface area contributed by atoms with Crippen molar-refractivity contribution in [2.24, 2.45) is 11.8 Å². The molecular weight excluding hydrogens is 345 g/mol. The van der Waals surface area contributed by atoms with E-state index < -0.39 is 0 Å². The summed E-state index contributed by atoms with van der Waals surface area (Å²) in [5.74, 6) is 0.936. The number of nitrogens with zero attached hydrogens (tertiary/aromatic N) is 2. The van der Waals surface area contributed by atoms with Gasteiger partial charge in [-0.15, -0.1) is 0 Å². The van der Waals surface area contributed by atoms with Gasteiger partial charge in [-0.3, -0.25) is 9.89 Å². The van der Waals surface area contributed by atoms with Crippen LogP contribution in [0.1, 0.15) is 23.3 Å². The molecule has 2 aliphatic rings. The smallest absolute Gasteiger partial charge is 0.275 e. The van der Waals surface area contributed by atoms with Crippen molar-refractivity contribution in [2.75, 3.05) is 13.1 Å². The number of ether oxygens (including phenoxy) is 1. The Bertz CT molecular complexity index is 1000. The average Bonchev–Trinajstić information content (AvgIpc) is 3.36. The van der Waals surface area contributed by atoms with E-state index in [0.717, 1.165) is 30.3 Å². The lowest BCUT2D eigenvalue weighted by atomic mass is 9.99. The second-order valence-electron chi connectivity index (χ2n) is 7.44. The van der Waals surface area contributed by atoms with Gasteiger partial charge in [0.15, 0.2) is 5.69 Å². The molecule has 2 fully saturated rings. The number of amides is 1. The fraction of sp³-hybridized carbons (Fsp3) is 0.333. The molecule has 27 heavy (non-hydrogen) atoms. The van der Waals surface area contributed by atoms with Crippen LogP contribution in [0.2, 0.25) is 0 Å². The lowest BCUT2D eigenvalue weighted by Gasteiger charge is -2.21. The zero-order valence-corrected chi connectivity index (χ0v) is 14.8. The highest BCUT2D eigenvalue weighted by atomic mass is 19.1. The third kappa shape index (κ3) is 2.85. The summed E-state index contributed by atoms with van der Waals surface area (Å²) in [5.41, 5.74) is 1.35. The molecule has 0 unspecified atom stereocenters. The van der Waals surface area contributed by atoms with Gasteiger partial charge in [0.05, 0.1) is 5.52 Å². The monoisotopic (exact) mass is 365 g/mol. The Morgan fingerprint density at radius 1 is 1.15 bits per heavy atom. The first-order chi connectivity index (χ1) is 13.2. The van der Waals surface area contributed by atoms with Crippen LogP contribution in [0.3, 0.4) is 0 Å². The number of nitrogens with one attached hydrogen (secondary N) is 1. The van der Waals surface area contributed by atoms with E-state index in [4.69, 9.17) is 4.74 Å². The minimum absolute atomic E-state index is 0.0190. The SMILES string of the molecule is O=C(c1n[nH]c2ccccc12)N1C[C@@H]2CC[C@H](Oc3cccc(F)c3)[C@@H]2C1. The molecule has 1 aliphatic heterocycles. The molecule has 3 atom stereocenters. The van der Waals surface area contributed by atoms with E-state index in [0.29, 0.717) is 23.9 Å². The van der Waals surface area contributed by atoms with Crippen LogP contribution in [0, 0.1) is 17.7 Å². The van der Waals surface area contributed by atoms with Crippen molar-refractivity contribution >= 4 is 16.8 Å². The van der Waals surface area contributed by atoms with Crippen molar-refractivity contribution < 1.29 is 13.9 Å². The second-order valence-corrected chi connectivity index (χ2v) is 7.44. The molecule has 5 nitrogen and oxygen atoms in total. The van der Waals surface area contributed by atoms with E-state index in [1.165, 1.54) is 12.1 Å². The highest BCUT2D eigenvalue weighted by Crippen LogP contribution is 2.40. The van der Waals surface area contributed by atoms with Crippen LogP contribution in [-0.2, 0) is 0 Å². The molecule has 3 aromatic rings. The summed E-state index contributed by atoms with van der Waals surface area (Å²) in [6.45, 7) is 1.39. The number of hydrogen-bond acceptors (Lipinski definition) is 3. The zero-order valence-electron chi connectivity index (χ0n) is 14.8. The maximum atomic E-state index is 13.4. The van der Waals surface area contributed by atoms with Crippen LogP contribution >= 0.6 is 0 Å². The predicted octanol–water partition coefficient (Wildman–Crippen LogP) is 3.63. The number of para-hydroxylation sites is 1. The molecule has 1 N–H and O–H groups in total. The molecule has 2 aromatic carbocycles. The molecule has 0 bridgehead atoms. The number of carbonyl (C=O) groups excluding carboxylic acids is 1. The zero-order chi connectivity index (χ0) is 18.4. The van der Waals surface area contributed by atoms with Crippen LogP contribution in [0.5, 0.6) is 5.75 Å². The summed E-state index contributed by atoms with van der Waals surface area (Å²) in [5, 5.41) is 8.03. The summed E-state index contributed by atoms with van der Waals surface area (Å²) in [6, 6.07) is 13.9. The predicted molar refractivity (Wildman–Crippen MR) is 99.0 cm³/mol. The van der Waals surface area contributed by atoms with Crippen molar-refractivity contribution in [3.05, 3.63) is 60.0 Å². The van der Waals surface area contributed by atoms with E-state index in [1.54, 1.807) is 12.1 Å². The Balaban J connectivity index is 1.32. The maximum Gasteiger partial charge on any atom is 0.275 e. The second kappa shape index (κ2) is 6.37. The summed E-state index contributed by atoms with van der Waals surface area (Å²) in [7, 11) is 0. The summed E-state index contributed by atoms with van der Waals surface area (Å²) in [4.78, 5) is 14.9. The minimum Gasteiger partial charge on any atom is -0.490 e. The first-order valence-corrected chi connectivity index (χ1v) is 9.33. The quantitative estimate of drug-likeness (QED) is 0.771. The van der Waals surface area contributed by atoms with Gasteiger partial charge >= 0.3 is 0 Å². The first-order valence-electron chi connectivity index (χ1n) is 9.33. The van der Waals surface area contributed by atoms with Gasteiger partial charge in [0.2, 0.25) is 0 Å². The topological polar surface area (TPSA) is 58.2 Å². The number of halogens is 1. The average molecular weight is 365 g/mol. The van der Waals surface area contributed by atoms with Gasteiger partial charge in [0.25, 0.3) is 5.91 Å². The number of likely N-dealkylation sites (tertiary alicyclic amines) is 1. The standard InChI is InChI=1S/C21H20FN3O2/c22-14-4-3-5-15(10-14)27-19-9-8-13-11-25(12-17(13)19)21(26)20-16-6-1-2-7-18(16)23-24-20/h1-7,10,13,17,19H,8-9,11-12H2,(H,23,24)/t13-,17+,19-/m0/s1. The molecule has 1 aromatic heterocycles. The third-order valence-electron chi connectivity index (χ3n) is 5.83. The molecular formula is C21H20FN3O2. The van der Waals surface area contributed by atoms with E-state index in [1.807, 2.05) is 29.2 Å². The Labute approximate surface area is 156 Å². The molecule has 0 radical (unpaired) electrons. The van der Waals surface area contributed by atoms with Crippen molar-refractivity contribution in [1.82, 2.24) is 15.1 Å². The van der Waals surface area contributed by atoms with Gasteiger partial charge < -0.3 is 9.64 Å². The van der Waals surface area contributed by atoms with Gasteiger partial charge in [0.1, 0.15) is 17.7 Å². The van der Waals surface area contributed by atoms with Crippen LogP contribution in [0.4, 0.5) is 4.39 Å². The van der Waals surface area contributed by atoms with E-state index in [-0.39, 0.29) is 23.7 Å². The summed E-state index contributed by atoms with van der Waals surface area (Å²) in [6.07, 6.45) is 1.99. The highest BCUT2D eigenvalue weighted by molar-refractivity contribution is 6.04. The molecule has 138 valence electrons. The largest absolute Gasteiger partial charge is 0.490 e. The van der Waals surface area contributed by atoms with Crippen molar-refractivity contribution in [3.8, 4) is 5.75 Å². The molecule has 2 heterocycles. The fourth-order valence-corrected chi connectivity index (χ4v) is 4.52. The molecule has 5 rings (SSSR count). The number of hydrogen-bond donors (Lipinski definition) is 1. The van der Waals surface area contributed by atoms with Gasteiger partial charge in [-0.2, -0.15) is 5.10 Å². The van der Waals surface area contributed by atoms with Crippen LogP contribution < -0.4 is 4.74 Å². The Morgan fingerprint density at radius 3 is 2.93 bits per heavy atom. The van der Waals surface area contributed by atoms with E-state index in [2.05, 4.69) is 10.2 Å². The highest BCUT2D eigenvalue weighted by Gasteiger charge is 2.45. The minimum atomic E-state index is -0.296. The van der Waals surface area contributed by atoms with Crippen LogP contribution in [-0.4, -0.2) is 40.2 Å². The Hall–Kier alpha value is -2.89. The molecule has 1 saturated heterocycles. The molecule has 1 aliphatic carbocycles. The lowest BCUT2D eigenvalue weighted by molar-refractivity contribution is 0.0758. The molecule has 0 spiro atoms. The number of rotatable bonds is 3. The normalized spacial score (nSPS) is 24.3. The molecule has 1 amide bonds. The number of aromatic amines is 1. The van der Waals surface area contributed by atoms with Crippen molar-refractivity contribution in [2.45, 2.75) is 18.9 Å². The van der Waals surface area contributed by atoms with Gasteiger partial charge in [-0.25, -0.2) is 4.39 Å². The number of aromatic nitrogens is 2. The van der Waals surface area contributed by atoms with E-state index >= 15 is 0 Å². The lowest BCUT2D eigenvalue weighted by Crippen LogP contribution is -2.32. The van der Waals surface area contributed by atoms with Gasteiger partial charge in [0, 0.05) is 30.5 Å². The molecule has 6 heteroatoms. The van der Waals surface area contributed by atoms with E-state index in [9.17, 15) is 9.18 Å². The number of H-pyrrole nitrogens is 1. The summed E-state index contributed by atoms with van der Waals surface area (Å²) >= 11 is 0.